The molecule has 1 aliphatic heterocycles. The number of H-pyrrole nitrogens is 1. The van der Waals surface area contributed by atoms with Crippen LogP contribution in [0.2, 0.25) is 0 Å². The highest BCUT2D eigenvalue weighted by molar-refractivity contribution is 7.99. The number of benzene rings is 1. The molecule has 0 radical (unpaired) electrons. The van der Waals surface area contributed by atoms with E-state index in [0.29, 0.717) is 10.8 Å². The SMILES string of the molecule is Nc1ccc2[nH]c3nc(SCC[NH+]4CCOCC4)nnc3c2c1. The van der Waals surface area contributed by atoms with Crippen LogP contribution in [0.1, 0.15) is 0 Å². The largest absolute Gasteiger partial charge is 0.399 e. The van der Waals surface area contributed by atoms with Crippen molar-refractivity contribution >= 4 is 39.5 Å². The van der Waals surface area contributed by atoms with E-state index in [1.165, 1.54) is 0 Å². The summed E-state index contributed by atoms with van der Waals surface area (Å²) in [5.74, 6) is 0.982. The molecule has 1 saturated heterocycles. The van der Waals surface area contributed by atoms with E-state index in [4.69, 9.17) is 10.5 Å². The Hall–Kier alpha value is -1.90. The van der Waals surface area contributed by atoms with Crippen LogP contribution in [0.3, 0.4) is 0 Å². The quantitative estimate of drug-likeness (QED) is 0.464. The van der Waals surface area contributed by atoms with Crippen LogP contribution < -0.4 is 10.6 Å². The highest BCUT2D eigenvalue weighted by Gasteiger charge is 2.14. The van der Waals surface area contributed by atoms with Crippen molar-refractivity contribution in [1.82, 2.24) is 20.2 Å². The number of quaternary nitrogens is 1. The summed E-state index contributed by atoms with van der Waals surface area (Å²) in [5.41, 5.74) is 9.08. The van der Waals surface area contributed by atoms with E-state index < -0.39 is 0 Å². The second-order valence-electron chi connectivity index (χ2n) is 5.68. The van der Waals surface area contributed by atoms with E-state index in [9.17, 15) is 0 Å². The molecule has 0 unspecified atom stereocenters. The standard InChI is InChI=1S/C15H18N6OS/c16-10-1-2-12-11(9-10)13-14(17-12)18-15(20-19-13)23-8-5-21-3-6-22-7-4-21/h1-2,9H,3-8,16H2,(H,17,18,20)/p+1. The number of nitrogens with one attached hydrogen (secondary N) is 2. The third-order valence-corrected chi connectivity index (χ3v) is 4.95. The van der Waals surface area contributed by atoms with Gasteiger partial charge in [-0.05, 0) is 18.2 Å². The van der Waals surface area contributed by atoms with Crippen LogP contribution in [-0.2, 0) is 4.74 Å². The van der Waals surface area contributed by atoms with Crippen molar-refractivity contribution < 1.29 is 9.64 Å². The van der Waals surface area contributed by atoms with E-state index >= 15 is 0 Å². The second-order valence-corrected chi connectivity index (χ2v) is 6.74. The van der Waals surface area contributed by atoms with Gasteiger partial charge >= 0.3 is 0 Å². The molecule has 0 aliphatic carbocycles. The van der Waals surface area contributed by atoms with Gasteiger partial charge in [0.25, 0.3) is 0 Å². The normalized spacial score (nSPS) is 16.3. The first kappa shape index (κ1) is 14.7. The summed E-state index contributed by atoms with van der Waals surface area (Å²) in [6.07, 6.45) is 0. The van der Waals surface area contributed by atoms with Crippen molar-refractivity contribution in [3.63, 3.8) is 0 Å². The summed E-state index contributed by atoms with van der Waals surface area (Å²) in [5, 5.41) is 10.3. The molecule has 1 fully saturated rings. The first-order chi connectivity index (χ1) is 11.3. The lowest BCUT2D eigenvalue weighted by Crippen LogP contribution is -3.14. The van der Waals surface area contributed by atoms with Gasteiger partial charge in [-0.1, -0.05) is 11.8 Å². The van der Waals surface area contributed by atoms with E-state index in [0.717, 1.165) is 60.7 Å². The molecule has 0 bridgehead atoms. The lowest BCUT2D eigenvalue weighted by Gasteiger charge is -2.23. The molecule has 1 aliphatic rings. The predicted octanol–water partition coefficient (Wildman–Crippen LogP) is 0.0955. The van der Waals surface area contributed by atoms with E-state index in [1.54, 1.807) is 16.7 Å². The number of nitrogens with two attached hydrogens (primary N) is 1. The van der Waals surface area contributed by atoms with Crippen molar-refractivity contribution in [3.8, 4) is 0 Å². The van der Waals surface area contributed by atoms with Crippen molar-refractivity contribution in [2.75, 3.05) is 44.3 Å². The lowest BCUT2D eigenvalue weighted by molar-refractivity contribution is -0.905. The molecule has 0 spiro atoms. The summed E-state index contributed by atoms with van der Waals surface area (Å²) < 4.78 is 5.37. The molecule has 4 rings (SSSR count). The zero-order valence-corrected chi connectivity index (χ0v) is 13.5. The van der Waals surface area contributed by atoms with E-state index in [-0.39, 0.29) is 0 Å². The van der Waals surface area contributed by atoms with Crippen molar-refractivity contribution in [2.45, 2.75) is 5.16 Å². The first-order valence-electron chi connectivity index (χ1n) is 7.75. The minimum Gasteiger partial charge on any atom is -0.399 e. The topological polar surface area (TPSA) is 94.2 Å². The Morgan fingerprint density at radius 3 is 3.00 bits per heavy atom. The minimum absolute atomic E-state index is 0.713. The smallest absolute Gasteiger partial charge is 0.211 e. The van der Waals surface area contributed by atoms with Crippen LogP contribution in [0.5, 0.6) is 0 Å². The van der Waals surface area contributed by atoms with Gasteiger partial charge in [-0.2, -0.15) is 0 Å². The van der Waals surface area contributed by atoms with Crippen LogP contribution in [0, 0.1) is 0 Å². The average Bonchev–Trinajstić information content (AvgIpc) is 2.93. The third kappa shape index (κ3) is 3.10. The number of hydrogen-bond donors (Lipinski definition) is 3. The summed E-state index contributed by atoms with van der Waals surface area (Å²) in [6.45, 7) is 4.99. The fourth-order valence-corrected chi connectivity index (χ4v) is 3.66. The molecule has 23 heavy (non-hydrogen) atoms. The van der Waals surface area contributed by atoms with Gasteiger partial charge < -0.3 is 20.4 Å². The van der Waals surface area contributed by atoms with Crippen molar-refractivity contribution in [1.29, 1.82) is 0 Å². The predicted molar refractivity (Wildman–Crippen MR) is 90.7 cm³/mol. The van der Waals surface area contributed by atoms with E-state index in [2.05, 4.69) is 20.2 Å². The molecular formula is C15H19N6OS+. The van der Waals surface area contributed by atoms with Crippen LogP contribution in [0.25, 0.3) is 22.1 Å². The van der Waals surface area contributed by atoms with Gasteiger partial charge in [0.15, 0.2) is 5.65 Å². The van der Waals surface area contributed by atoms with Gasteiger partial charge in [0, 0.05) is 16.6 Å². The maximum atomic E-state index is 5.84. The molecule has 4 N–H and O–H groups in total. The van der Waals surface area contributed by atoms with Crippen molar-refractivity contribution in [2.24, 2.45) is 0 Å². The molecule has 0 atom stereocenters. The van der Waals surface area contributed by atoms with Gasteiger partial charge in [0.1, 0.15) is 18.6 Å². The van der Waals surface area contributed by atoms with Crippen LogP contribution in [0.4, 0.5) is 5.69 Å². The molecular weight excluding hydrogens is 312 g/mol. The highest BCUT2D eigenvalue weighted by atomic mass is 32.2. The fourth-order valence-electron chi connectivity index (χ4n) is 2.83. The second kappa shape index (κ2) is 6.31. The lowest BCUT2D eigenvalue weighted by atomic mass is 10.2. The Balaban J connectivity index is 1.49. The first-order valence-corrected chi connectivity index (χ1v) is 8.74. The van der Waals surface area contributed by atoms with Gasteiger partial charge in [-0.15, -0.1) is 10.2 Å². The molecule has 3 heterocycles. The van der Waals surface area contributed by atoms with Crippen LogP contribution in [0.15, 0.2) is 23.4 Å². The number of aromatic nitrogens is 4. The molecule has 2 aromatic heterocycles. The van der Waals surface area contributed by atoms with Gasteiger partial charge in [0.2, 0.25) is 5.16 Å². The molecule has 3 aromatic rings. The molecule has 7 nitrogen and oxygen atoms in total. The maximum Gasteiger partial charge on any atom is 0.211 e. The van der Waals surface area contributed by atoms with E-state index in [1.807, 2.05) is 18.2 Å². The molecule has 1 aromatic carbocycles. The summed E-state index contributed by atoms with van der Waals surface area (Å²) in [7, 11) is 0. The Morgan fingerprint density at radius 1 is 1.26 bits per heavy atom. The maximum absolute atomic E-state index is 5.84. The summed E-state index contributed by atoms with van der Waals surface area (Å²) in [6, 6.07) is 5.72. The molecule has 0 saturated carbocycles. The molecule has 8 heteroatoms. The van der Waals surface area contributed by atoms with Gasteiger partial charge in [-0.25, -0.2) is 4.98 Å². The number of hydrogen-bond acceptors (Lipinski definition) is 6. The number of anilines is 1. The Morgan fingerprint density at radius 2 is 2.13 bits per heavy atom. The summed E-state index contributed by atoms with van der Waals surface area (Å²) >= 11 is 1.65. The number of aromatic amines is 1. The van der Waals surface area contributed by atoms with Crippen LogP contribution in [-0.4, -0.2) is 58.8 Å². The third-order valence-electron chi connectivity index (χ3n) is 4.11. The number of nitrogens with zero attached hydrogens (tertiary/aromatic N) is 3. The monoisotopic (exact) mass is 331 g/mol. The van der Waals surface area contributed by atoms with Gasteiger partial charge in [-0.3, -0.25) is 0 Å². The average molecular weight is 331 g/mol. The zero-order chi connectivity index (χ0) is 15.6. The van der Waals surface area contributed by atoms with Crippen molar-refractivity contribution in [3.05, 3.63) is 18.2 Å². The number of fused-ring (bicyclic) bond motifs is 3. The Bertz CT molecular complexity index is 829. The number of thioether (sulfide) groups is 1. The molecule has 120 valence electrons. The Labute approximate surface area is 137 Å². The zero-order valence-electron chi connectivity index (χ0n) is 12.7. The minimum atomic E-state index is 0.713. The Kier molecular flexibility index (Phi) is 4.02. The number of ether oxygens (including phenoxy) is 1. The number of rotatable bonds is 4. The summed E-state index contributed by atoms with van der Waals surface area (Å²) in [4.78, 5) is 9.45. The number of morpholine rings is 1. The van der Waals surface area contributed by atoms with Crippen LogP contribution >= 0.6 is 11.8 Å². The molecule has 0 amide bonds. The van der Waals surface area contributed by atoms with Gasteiger partial charge in [0.05, 0.1) is 25.5 Å². The number of nitrogen functional groups attached to an aromatic ring is 1. The fraction of sp³-hybridized carbons (Fsp3) is 0.400. The highest BCUT2D eigenvalue weighted by Crippen LogP contribution is 2.25.